The molecule has 0 fully saturated rings. The zero-order valence-corrected chi connectivity index (χ0v) is 14.2. The van der Waals surface area contributed by atoms with Gasteiger partial charge in [-0.15, -0.1) is 5.10 Å². The van der Waals surface area contributed by atoms with Crippen LogP contribution in [0, 0.1) is 6.92 Å². The number of amides is 1. The van der Waals surface area contributed by atoms with Crippen molar-refractivity contribution in [3.8, 4) is 5.69 Å². The molecule has 24 heavy (non-hydrogen) atoms. The number of hydrogen-bond donors (Lipinski definition) is 0. The van der Waals surface area contributed by atoms with Gasteiger partial charge in [-0.3, -0.25) is 4.79 Å². The topological polar surface area (TPSA) is 51.0 Å². The van der Waals surface area contributed by atoms with Crippen LogP contribution in [0.4, 0.5) is 0 Å². The summed E-state index contributed by atoms with van der Waals surface area (Å²) in [6.45, 7) is 2.32. The highest BCUT2D eigenvalue weighted by atomic mass is 35.5. The lowest BCUT2D eigenvalue weighted by atomic mass is 10.2. The van der Waals surface area contributed by atoms with Crippen molar-refractivity contribution in [1.29, 1.82) is 0 Å². The average molecular weight is 341 g/mol. The van der Waals surface area contributed by atoms with Crippen LogP contribution in [0.3, 0.4) is 0 Å². The van der Waals surface area contributed by atoms with Crippen LogP contribution in [-0.4, -0.2) is 32.6 Å². The maximum absolute atomic E-state index is 12.6. The van der Waals surface area contributed by atoms with Gasteiger partial charge in [0, 0.05) is 18.6 Å². The summed E-state index contributed by atoms with van der Waals surface area (Å²) in [5.41, 5.74) is 1.87. The van der Waals surface area contributed by atoms with Gasteiger partial charge in [0.05, 0.1) is 5.69 Å². The van der Waals surface area contributed by atoms with E-state index in [2.05, 4.69) is 10.1 Å². The quantitative estimate of drug-likeness (QED) is 0.730. The molecule has 1 heterocycles. The Kier molecular flexibility index (Phi) is 4.62. The molecule has 3 rings (SSSR count). The predicted octanol–water partition coefficient (Wildman–Crippen LogP) is 3.50. The molecule has 122 valence electrons. The Morgan fingerprint density at radius 1 is 1.12 bits per heavy atom. The lowest BCUT2D eigenvalue weighted by molar-refractivity contribution is 0.0773. The molecule has 1 aromatic heterocycles. The maximum atomic E-state index is 12.6. The highest BCUT2D eigenvalue weighted by Crippen LogP contribution is 2.15. The van der Waals surface area contributed by atoms with Crippen molar-refractivity contribution in [1.82, 2.24) is 19.7 Å². The van der Waals surface area contributed by atoms with Gasteiger partial charge in [0.2, 0.25) is 5.82 Å². The third-order valence-electron chi connectivity index (χ3n) is 3.64. The Hall–Kier alpha value is -2.66. The number of aromatic nitrogens is 3. The molecular weight excluding hydrogens is 324 g/mol. The van der Waals surface area contributed by atoms with Crippen LogP contribution in [0.15, 0.2) is 54.6 Å². The Morgan fingerprint density at radius 3 is 2.46 bits per heavy atom. The maximum Gasteiger partial charge on any atom is 0.293 e. The molecule has 0 N–H and O–H groups in total. The minimum absolute atomic E-state index is 0.181. The molecule has 5 nitrogen and oxygen atoms in total. The Labute approximate surface area is 145 Å². The summed E-state index contributed by atoms with van der Waals surface area (Å²) in [5.74, 6) is 0.615. The lowest BCUT2D eigenvalue weighted by Crippen LogP contribution is -2.27. The van der Waals surface area contributed by atoms with E-state index < -0.39 is 0 Å². The molecule has 0 radical (unpaired) electrons. The van der Waals surface area contributed by atoms with Crippen molar-refractivity contribution >= 4 is 17.5 Å². The monoisotopic (exact) mass is 340 g/mol. The van der Waals surface area contributed by atoms with Gasteiger partial charge in [-0.25, -0.2) is 9.67 Å². The van der Waals surface area contributed by atoms with Crippen LogP contribution >= 0.6 is 11.6 Å². The number of carbonyl (C=O) groups excluding carboxylic acids is 1. The molecule has 0 spiro atoms. The van der Waals surface area contributed by atoms with E-state index in [0.29, 0.717) is 17.4 Å². The van der Waals surface area contributed by atoms with Crippen LogP contribution in [0.2, 0.25) is 5.02 Å². The molecule has 0 aliphatic rings. The molecule has 0 unspecified atom stereocenters. The predicted molar refractivity (Wildman–Crippen MR) is 93.3 cm³/mol. The second kappa shape index (κ2) is 6.84. The zero-order chi connectivity index (χ0) is 17.1. The third-order valence-corrected chi connectivity index (χ3v) is 3.89. The summed E-state index contributed by atoms with van der Waals surface area (Å²) in [4.78, 5) is 18.5. The van der Waals surface area contributed by atoms with Crippen LogP contribution in [0.1, 0.15) is 22.0 Å². The zero-order valence-electron chi connectivity index (χ0n) is 13.5. The smallest absolute Gasteiger partial charge is 0.293 e. The first kappa shape index (κ1) is 16.2. The van der Waals surface area contributed by atoms with Crippen LogP contribution in [-0.2, 0) is 6.54 Å². The van der Waals surface area contributed by atoms with Crippen molar-refractivity contribution in [2.75, 3.05) is 7.05 Å². The van der Waals surface area contributed by atoms with E-state index >= 15 is 0 Å². The normalized spacial score (nSPS) is 10.6. The van der Waals surface area contributed by atoms with Gasteiger partial charge in [0.15, 0.2) is 0 Å². The molecule has 0 saturated heterocycles. The number of nitrogens with zero attached hydrogens (tertiary/aromatic N) is 4. The van der Waals surface area contributed by atoms with Crippen molar-refractivity contribution in [3.63, 3.8) is 0 Å². The van der Waals surface area contributed by atoms with Gasteiger partial charge in [0.25, 0.3) is 5.91 Å². The van der Waals surface area contributed by atoms with Gasteiger partial charge in [-0.1, -0.05) is 41.9 Å². The largest absolute Gasteiger partial charge is 0.335 e. The fourth-order valence-electron chi connectivity index (χ4n) is 2.41. The second-order valence-electron chi connectivity index (χ2n) is 5.52. The molecule has 0 aliphatic heterocycles. The first-order chi connectivity index (χ1) is 11.5. The Morgan fingerprint density at radius 2 is 1.79 bits per heavy atom. The van der Waals surface area contributed by atoms with Crippen molar-refractivity contribution in [3.05, 3.63) is 76.8 Å². The lowest BCUT2D eigenvalue weighted by Gasteiger charge is -2.15. The molecule has 3 aromatic rings. The Balaban J connectivity index is 1.81. The van der Waals surface area contributed by atoms with Crippen LogP contribution < -0.4 is 0 Å². The minimum atomic E-state index is -0.213. The van der Waals surface area contributed by atoms with E-state index in [4.69, 9.17) is 11.6 Å². The molecular formula is C18H17ClN4O. The van der Waals surface area contributed by atoms with E-state index in [1.807, 2.05) is 49.4 Å². The summed E-state index contributed by atoms with van der Waals surface area (Å²) in [6, 6.07) is 17.0. The molecule has 0 aliphatic carbocycles. The first-order valence-electron chi connectivity index (χ1n) is 7.53. The number of hydrogen-bond acceptors (Lipinski definition) is 3. The van der Waals surface area contributed by atoms with Crippen LogP contribution in [0.5, 0.6) is 0 Å². The molecule has 2 aromatic carbocycles. The molecule has 0 atom stereocenters. The molecule has 6 heteroatoms. The number of aryl methyl sites for hydroxylation is 1. The van der Waals surface area contributed by atoms with Gasteiger partial charge >= 0.3 is 0 Å². The summed E-state index contributed by atoms with van der Waals surface area (Å²) in [7, 11) is 1.74. The fourth-order valence-corrected chi connectivity index (χ4v) is 2.53. The average Bonchev–Trinajstić information content (AvgIpc) is 2.97. The van der Waals surface area contributed by atoms with E-state index in [9.17, 15) is 4.79 Å². The van der Waals surface area contributed by atoms with Gasteiger partial charge in [0.1, 0.15) is 5.82 Å². The molecule has 0 bridgehead atoms. The summed E-state index contributed by atoms with van der Waals surface area (Å²) in [6.07, 6.45) is 0. The van der Waals surface area contributed by atoms with Gasteiger partial charge < -0.3 is 4.90 Å². The summed E-state index contributed by atoms with van der Waals surface area (Å²) >= 11 is 5.91. The van der Waals surface area contributed by atoms with E-state index in [0.717, 1.165) is 11.3 Å². The highest BCUT2D eigenvalue weighted by molar-refractivity contribution is 6.30. The van der Waals surface area contributed by atoms with Crippen molar-refractivity contribution in [2.24, 2.45) is 0 Å². The van der Waals surface area contributed by atoms with E-state index in [1.54, 1.807) is 28.8 Å². The van der Waals surface area contributed by atoms with Crippen molar-refractivity contribution < 1.29 is 4.79 Å². The standard InChI is InChI=1S/C18H17ClN4O/c1-13-20-17(21-23(13)16-10-8-15(19)9-11-16)18(24)22(2)12-14-6-4-3-5-7-14/h3-11H,12H2,1-2H3. The third kappa shape index (κ3) is 3.46. The highest BCUT2D eigenvalue weighted by Gasteiger charge is 2.19. The number of carbonyl (C=O) groups is 1. The SMILES string of the molecule is Cc1nc(C(=O)N(C)Cc2ccccc2)nn1-c1ccc(Cl)cc1. The first-order valence-corrected chi connectivity index (χ1v) is 7.91. The van der Waals surface area contributed by atoms with Crippen molar-refractivity contribution in [2.45, 2.75) is 13.5 Å². The van der Waals surface area contributed by atoms with Gasteiger partial charge in [-0.05, 0) is 36.8 Å². The minimum Gasteiger partial charge on any atom is -0.335 e. The summed E-state index contributed by atoms with van der Waals surface area (Å²) < 4.78 is 1.64. The molecule has 1 amide bonds. The molecule has 0 saturated carbocycles. The van der Waals surface area contributed by atoms with Gasteiger partial charge in [-0.2, -0.15) is 0 Å². The number of rotatable bonds is 4. The summed E-state index contributed by atoms with van der Waals surface area (Å²) in [5, 5.41) is 4.99. The van der Waals surface area contributed by atoms with E-state index in [-0.39, 0.29) is 11.7 Å². The Bertz CT molecular complexity index is 843. The van der Waals surface area contributed by atoms with Crippen LogP contribution in [0.25, 0.3) is 5.69 Å². The number of benzene rings is 2. The van der Waals surface area contributed by atoms with E-state index in [1.165, 1.54) is 0 Å². The number of halogens is 1. The fraction of sp³-hybridized carbons (Fsp3) is 0.167. The second-order valence-corrected chi connectivity index (χ2v) is 5.95.